The minimum Gasteiger partial charge on any atom is -0.465 e. The van der Waals surface area contributed by atoms with Crippen molar-refractivity contribution in [3.05, 3.63) is 48.3 Å². The zero-order valence-electron chi connectivity index (χ0n) is 9.88. The van der Waals surface area contributed by atoms with Crippen LogP contribution in [0.4, 0.5) is 17.1 Å². The number of nitrogens with two attached hydrogens (primary N) is 1. The number of pyridine rings is 1. The van der Waals surface area contributed by atoms with Gasteiger partial charge in [0.05, 0.1) is 35.9 Å². The predicted molar refractivity (Wildman–Crippen MR) is 69.7 cm³/mol. The molecular weight excluding hydrogens is 230 g/mol. The topological polar surface area (TPSA) is 77.2 Å². The molecule has 18 heavy (non-hydrogen) atoms. The van der Waals surface area contributed by atoms with E-state index in [-0.39, 0.29) is 0 Å². The first-order valence-corrected chi connectivity index (χ1v) is 5.35. The van der Waals surface area contributed by atoms with E-state index in [1.807, 2.05) is 12.1 Å². The van der Waals surface area contributed by atoms with Crippen LogP contribution < -0.4 is 11.1 Å². The molecule has 0 aliphatic rings. The Balaban J connectivity index is 2.23. The van der Waals surface area contributed by atoms with Crippen LogP contribution in [0.5, 0.6) is 0 Å². The van der Waals surface area contributed by atoms with Crippen LogP contribution in [0.25, 0.3) is 0 Å². The Labute approximate surface area is 105 Å². The van der Waals surface area contributed by atoms with E-state index in [0.29, 0.717) is 11.3 Å². The highest BCUT2D eigenvalue weighted by Crippen LogP contribution is 2.23. The summed E-state index contributed by atoms with van der Waals surface area (Å²) in [5.41, 5.74) is 8.31. The van der Waals surface area contributed by atoms with Crippen molar-refractivity contribution in [2.75, 3.05) is 18.2 Å². The van der Waals surface area contributed by atoms with Crippen LogP contribution in [-0.4, -0.2) is 18.1 Å². The van der Waals surface area contributed by atoms with E-state index in [9.17, 15) is 4.79 Å². The van der Waals surface area contributed by atoms with E-state index in [2.05, 4.69) is 15.0 Å². The third-order valence-corrected chi connectivity index (χ3v) is 2.41. The molecule has 1 heterocycles. The molecule has 0 saturated heterocycles. The van der Waals surface area contributed by atoms with Gasteiger partial charge < -0.3 is 15.8 Å². The predicted octanol–water partition coefficient (Wildman–Crippen LogP) is 2.19. The molecule has 0 unspecified atom stereocenters. The van der Waals surface area contributed by atoms with Crippen molar-refractivity contribution >= 4 is 23.0 Å². The second kappa shape index (κ2) is 5.18. The minimum absolute atomic E-state index is 0.408. The molecule has 3 N–H and O–H groups in total. The fourth-order valence-corrected chi connectivity index (χ4v) is 1.51. The van der Waals surface area contributed by atoms with Gasteiger partial charge in [0.25, 0.3) is 0 Å². The van der Waals surface area contributed by atoms with Gasteiger partial charge in [0.1, 0.15) is 0 Å². The van der Waals surface area contributed by atoms with Gasteiger partial charge in [-0.25, -0.2) is 4.79 Å². The summed E-state index contributed by atoms with van der Waals surface area (Å²) in [7, 11) is 1.33. The number of esters is 1. The van der Waals surface area contributed by atoms with Gasteiger partial charge in [-0.15, -0.1) is 0 Å². The van der Waals surface area contributed by atoms with Crippen molar-refractivity contribution in [2.24, 2.45) is 0 Å². The molecule has 0 atom stereocenters. The molecule has 0 fully saturated rings. The summed E-state index contributed by atoms with van der Waals surface area (Å²) >= 11 is 0. The lowest BCUT2D eigenvalue weighted by Crippen LogP contribution is -2.03. The number of rotatable bonds is 3. The molecule has 0 bridgehead atoms. The number of ether oxygens (including phenoxy) is 1. The lowest BCUT2D eigenvalue weighted by molar-refractivity contribution is 0.0601. The average molecular weight is 243 g/mol. The molecule has 0 aliphatic carbocycles. The van der Waals surface area contributed by atoms with Crippen LogP contribution in [0, 0.1) is 0 Å². The molecule has 0 radical (unpaired) electrons. The molecule has 1 aromatic carbocycles. The Morgan fingerprint density at radius 1 is 1.39 bits per heavy atom. The number of hydrogen-bond acceptors (Lipinski definition) is 5. The standard InChI is InChI=1S/C13H13N3O2/c1-18-13(17)9-4-5-12(11(14)7-9)16-10-3-2-6-15-8-10/h2-8,16H,14H2,1H3. The fraction of sp³-hybridized carbons (Fsp3) is 0.0769. The Morgan fingerprint density at radius 2 is 2.22 bits per heavy atom. The van der Waals surface area contributed by atoms with Crippen molar-refractivity contribution in [2.45, 2.75) is 0 Å². The second-order valence-corrected chi connectivity index (χ2v) is 3.66. The maximum absolute atomic E-state index is 11.3. The first kappa shape index (κ1) is 11.9. The molecule has 0 aliphatic heterocycles. The molecule has 5 nitrogen and oxygen atoms in total. The lowest BCUT2D eigenvalue weighted by Gasteiger charge is -2.09. The summed E-state index contributed by atoms with van der Waals surface area (Å²) in [6.07, 6.45) is 3.38. The number of carbonyl (C=O) groups is 1. The van der Waals surface area contributed by atoms with Gasteiger partial charge in [0.2, 0.25) is 0 Å². The van der Waals surface area contributed by atoms with Gasteiger partial charge in [0.15, 0.2) is 0 Å². The van der Waals surface area contributed by atoms with Gasteiger partial charge in [-0.2, -0.15) is 0 Å². The minimum atomic E-state index is -0.408. The summed E-state index contributed by atoms with van der Waals surface area (Å²) in [5.74, 6) is -0.408. The normalized spacial score (nSPS) is 9.83. The summed E-state index contributed by atoms with van der Waals surface area (Å²) < 4.78 is 4.62. The molecule has 1 aromatic heterocycles. The van der Waals surface area contributed by atoms with Crippen LogP contribution in [0.15, 0.2) is 42.7 Å². The van der Waals surface area contributed by atoms with Gasteiger partial charge in [-0.1, -0.05) is 0 Å². The largest absolute Gasteiger partial charge is 0.465 e. The average Bonchev–Trinajstić information content (AvgIpc) is 2.41. The first-order chi connectivity index (χ1) is 8.70. The van der Waals surface area contributed by atoms with Gasteiger partial charge in [-0.3, -0.25) is 4.98 Å². The van der Waals surface area contributed by atoms with Crippen molar-refractivity contribution in [3.8, 4) is 0 Å². The van der Waals surface area contributed by atoms with Crippen LogP contribution in [0.1, 0.15) is 10.4 Å². The molecule has 0 spiro atoms. The van der Waals surface area contributed by atoms with Crippen LogP contribution in [-0.2, 0) is 4.74 Å². The van der Waals surface area contributed by atoms with Gasteiger partial charge >= 0.3 is 5.97 Å². The number of nitrogen functional groups attached to an aromatic ring is 1. The molecule has 2 aromatic rings. The van der Waals surface area contributed by atoms with E-state index in [4.69, 9.17) is 5.73 Å². The van der Waals surface area contributed by atoms with Gasteiger partial charge in [0, 0.05) is 6.20 Å². The second-order valence-electron chi connectivity index (χ2n) is 3.66. The Bertz CT molecular complexity index is 555. The van der Waals surface area contributed by atoms with Crippen LogP contribution >= 0.6 is 0 Å². The number of benzene rings is 1. The summed E-state index contributed by atoms with van der Waals surface area (Å²) in [6, 6.07) is 8.65. The number of nitrogens with zero attached hydrogens (tertiary/aromatic N) is 1. The monoisotopic (exact) mass is 243 g/mol. The van der Waals surface area contributed by atoms with Crippen molar-refractivity contribution in [3.63, 3.8) is 0 Å². The Kier molecular flexibility index (Phi) is 3.43. The number of hydrogen-bond donors (Lipinski definition) is 2. The van der Waals surface area contributed by atoms with E-state index < -0.39 is 5.97 Å². The third kappa shape index (κ3) is 2.57. The van der Waals surface area contributed by atoms with Crippen LogP contribution in [0.3, 0.4) is 0 Å². The summed E-state index contributed by atoms with van der Waals surface area (Å²) in [4.78, 5) is 15.3. The van der Waals surface area contributed by atoms with E-state index in [1.165, 1.54) is 7.11 Å². The van der Waals surface area contributed by atoms with Crippen molar-refractivity contribution in [1.29, 1.82) is 0 Å². The van der Waals surface area contributed by atoms with Crippen molar-refractivity contribution in [1.82, 2.24) is 4.98 Å². The number of aromatic nitrogens is 1. The fourth-order valence-electron chi connectivity index (χ4n) is 1.51. The van der Waals surface area contributed by atoms with E-state index in [1.54, 1.807) is 30.6 Å². The van der Waals surface area contributed by atoms with Gasteiger partial charge in [-0.05, 0) is 30.3 Å². The van der Waals surface area contributed by atoms with Crippen molar-refractivity contribution < 1.29 is 9.53 Å². The lowest BCUT2D eigenvalue weighted by atomic mass is 10.1. The number of nitrogens with one attached hydrogen (secondary N) is 1. The molecule has 0 amide bonds. The highest BCUT2D eigenvalue weighted by molar-refractivity contribution is 5.92. The molecule has 2 rings (SSSR count). The maximum atomic E-state index is 11.3. The zero-order valence-corrected chi connectivity index (χ0v) is 9.88. The summed E-state index contributed by atoms with van der Waals surface area (Å²) in [5, 5.41) is 3.12. The number of anilines is 3. The summed E-state index contributed by atoms with van der Waals surface area (Å²) in [6.45, 7) is 0. The zero-order chi connectivity index (χ0) is 13.0. The highest BCUT2D eigenvalue weighted by Gasteiger charge is 2.08. The van der Waals surface area contributed by atoms with Crippen LogP contribution in [0.2, 0.25) is 0 Å². The first-order valence-electron chi connectivity index (χ1n) is 5.35. The maximum Gasteiger partial charge on any atom is 0.337 e. The SMILES string of the molecule is COC(=O)c1ccc(Nc2cccnc2)c(N)c1. The molecule has 0 saturated carbocycles. The molecule has 5 heteroatoms. The smallest absolute Gasteiger partial charge is 0.337 e. The third-order valence-electron chi connectivity index (χ3n) is 2.41. The molecular formula is C13H13N3O2. The number of carbonyl (C=O) groups excluding carboxylic acids is 1. The van der Waals surface area contributed by atoms with E-state index >= 15 is 0 Å². The molecule has 92 valence electrons. The van der Waals surface area contributed by atoms with E-state index in [0.717, 1.165) is 11.4 Å². The quantitative estimate of drug-likeness (QED) is 0.638. The Hall–Kier alpha value is -2.56. The highest BCUT2D eigenvalue weighted by atomic mass is 16.5. The number of methoxy groups -OCH3 is 1. The Morgan fingerprint density at radius 3 is 2.83 bits per heavy atom.